The molecular weight excluding hydrogens is 312 g/mol. The number of nitrogens with zero attached hydrogens (tertiary/aromatic N) is 1. The van der Waals surface area contributed by atoms with Crippen molar-refractivity contribution >= 4 is 23.5 Å². The SMILES string of the molecule is Cc1ccc(CN2C(=O)N[C@](C)(c3ccccc3Cl)C2=O)cc1. The second kappa shape index (κ2) is 5.70. The van der Waals surface area contributed by atoms with Crippen LogP contribution in [0.4, 0.5) is 4.79 Å². The number of carbonyl (C=O) groups is 2. The van der Waals surface area contributed by atoms with Gasteiger partial charge in [-0.25, -0.2) is 4.79 Å². The molecule has 1 saturated heterocycles. The average molecular weight is 329 g/mol. The Morgan fingerprint density at radius 3 is 2.39 bits per heavy atom. The summed E-state index contributed by atoms with van der Waals surface area (Å²) in [5.74, 6) is -0.295. The molecule has 23 heavy (non-hydrogen) atoms. The minimum atomic E-state index is -1.14. The smallest absolute Gasteiger partial charge is 0.319 e. The number of rotatable bonds is 3. The van der Waals surface area contributed by atoms with Gasteiger partial charge in [-0.05, 0) is 25.5 Å². The summed E-state index contributed by atoms with van der Waals surface area (Å²) in [6.07, 6.45) is 0. The zero-order chi connectivity index (χ0) is 16.6. The third-order valence-corrected chi connectivity index (χ3v) is 4.48. The molecule has 4 nitrogen and oxygen atoms in total. The van der Waals surface area contributed by atoms with Crippen LogP contribution >= 0.6 is 11.6 Å². The van der Waals surface area contributed by atoms with Gasteiger partial charge in [-0.15, -0.1) is 0 Å². The van der Waals surface area contributed by atoms with Gasteiger partial charge in [0.2, 0.25) is 0 Å². The molecule has 1 atom stereocenters. The van der Waals surface area contributed by atoms with Crippen LogP contribution in [0.2, 0.25) is 5.02 Å². The number of amides is 3. The van der Waals surface area contributed by atoms with Gasteiger partial charge >= 0.3 is 6.03 Å². The van der Waals surface area contributed by atoms with E-state index in [1.54, 1.807) is 31.2 Å². The minimum absolute atomic E-state index is 0.241. The number of hydrogen-bond acceptors (Lipinski definition) is 2. The van der Waals surface area contributed by atoms with Crippen LogP contribution in [0.15, 0.2) is 48.5 Å². The normalized spacial score (nSPS) is 20.7. The van der Waals surface area contributed by atoms with Gasteiger partial charge in [-0.3, -0.25) is 9.69 Å². The van der Waals surface area contributed by atoms with Crippen molar-refractivity contribution in [2.75, 3.05) is 0 Å². The quantitative estimate of drug-likeness (QED) is 0.875. The Morgan fingerprint density at radius 1 is 1.09 bits per heavy atom. The maximum Gasteiger partial charge on any atom is 0.325 e. The van der Waals surface area contributed by atoms with E-state index in [0.29, 0.717) is 10.6 Å². The molecule has 2 aromatic carbocycles. The molecule has 118 valence electrons. The second-order valence-electron chi connectivity index (χ2n) is 5.91. The molecule has 3 amide bonds. The van der Waals surface area contributed by atoms with Gasteiger partial charge < -0.3 is 5.32 Å². The predicted octanol–water partition coefficient (Wildman–Crippen LogP) is 3.62. The number of halogens is 1. The van der Waals surface area contributed by atoms with Gasteiger partial charge in [0.15, 0.2) is 0 Å². The van der Waals surface area contributed by atoms with Crippen molar-refractivity contribution in [2.24, 2.45) is 0 Å². The van der Waals surface area contributed by atoms with Crippen molar-refractivity contribution in [3.8, 4) is 0 Å². The molecule has 2 aromatic rings. The lowest BCUT2D eigenvalue weighted by atomic mass is 9.92. The molecule has 1 fully saturated rings. The Balaban J connectivity index is 1.91. The molecule has 0 aliphatic carbocycles. The number of aryl methyl sites for hydroxylation is 1. The minimum Gasteiger partial charge on any atom is -0.319 e. The first kappa shape index (κ1) is 15.6. The lowest BCUT2D eigenvalue weighted by molar-refractivity contribution is -0.131. The van der Waals surface area contributed by atoms with Crippen LogP contribution in [-0.4, -0.2) is 16.8 Å². The van der Waals surface area contributed by atoms with E-state index in [0.717, 1.165) is 11.1 Å². The fourth-order valence-electron chi connectivity index (χ4n) is 2.77. The zero-order valence-electron chi connectivity index (χ0n) is 13.0. The Morgan fingerprint density at radius 2 is 1.74 bits per heavy atom. The molecule has 3 rings (SSSR count). The summed E-state index contributed by atoms with van der Waals surface area (Å²) in [6, 6.07) is 14.4. The molecule has 0 spiro atoms. The van der Waals surface area contributed by atoms with Crippen molar-refractivity contribution < 1.29 is 9.59 Å². The van der Waals surface area contributed by atoms with Crippen molar-refractivity contribution in [1.29, 1.82) is 0 Å². The summed E-state index contributed by atoms with van der Waals surface area (Å²) < 4.78 is 0. The van der Waals surface area contributed by atoms with E-state index in [4.69, 9.17) is 11.6 Å². The van der Waals surface area contributed by atoms with Crippen LogP contribution in [-0.2, 0) is 16.9 Å². The molecule has 1 aliphatic rings. The summed E-state index contributed by atoms with van der Waals surface area (Å²) in [7, 11) is 0. The summed E-state index contributed by atoms with van der Waals surface area (Å²) in [5, 5.41) is 3.23. The van der Waals surface area contributed by atoms with Crippen molar-refractivity contribution in [3.05, 3.63) is 70.2 Å². The summed E-state index contributed by atoms with van der Waals surface area (Å²) in [6.45, 7) is 3.92. The third kappa shape index (κ3) is 2.70. The topological polar surface area (TPSA) is 49.4 Å². The van der Waals surface area contributed by atoms with E-state index in [1.807, 2.05) is 31.2 Å². The maximum atomic E-state index is 12.8. The highest BCUT2D eigenvalue weighted by Crippen LogP contribution is 2.33. The van der Waals surface area contributed by atoms with E-state index in [-0.39, 0.29) is 12.5 Å². The summed E-state index contributed by atoms with van der Waals surface area (Å²) in [5.41, 5.74) is 1.50. The van der Waals surface area contributed by atoms with E-state index >= 15 is 0 Å². The van der Waals surface area contributed by atoms with Crippen LogP contribution in [0, 0.1) is 6.92 Å². The van der Waals surface area contributed by atoms with E-state index in [2.05, 4.69) is 5.32 Å². The molecule has 5 heteroatoms. The molecule has 0 saturated carbocycles. The van der Waals surface area contributed by atoms with Gasteiger partial charge in [-0.1, -0.05) is 59.6 Å². The molecule has 1 aliphatic heterocycles. The molecule has 1 N–H and O–H groups in total. The fourth-order valence-corrected chi connectivity index (χ4v) is 3.09. The highest BCUT2D eigenvalue weighted by molar-refractivity contribution is 6.32. The number of urea groups is 1. The molecule has 0 bridgehead atoms. The van der Waals surface area contributed by atoms with Crippen LogP contribution < -0.4 is 5.32 Å². The maximum absolute atomic E-state index is 12.8. The Kier molecular flexibility index (Phi) is 3.86. The Hall–Kier alpha value is -2.33. The number of carbonyl (C=O) groups excluding carboxylic acids is 2. The largest absolute Gasteiger partial charge is 0.325 e. The Bertz CT molecular complexity index is 773. The van der Waals surface area contributed by atoms with Crippen molar-refractivity contribution in [2.45, 2.75) is 25.9 Å². The molecule has 1 heterocycles. The highest BCUT2D eigenvalue weighted by Gasteiger charge is 2.49. The van der Waals surface area contributed by atoms with E-state index < -0.39 is 11.6 Å². The van der Waals surface area contributed by atoms with Crippen molar-refractivity contribution in [1.82, 2.24) is 10.2 Å². The van der Waals surface area contributed by atoms with Gasteiger partial charge in [0, 0.05) is 10.6 Å². The van der Waals surface area contributed by atoms with Gasteiger partial charge in [0.05, 0.1) is 6.54 Å². The van der Waals surface area contributed by atoms with E-state index in [9.17, 15) is 9.59 Å². The number of nitrogens with one attached hydrogen (secondary N) is 1. The van der Waals surface area contributed by atoms with Crippen LogP contribution in [0.5, 0.6) is 0 Å². The number of hydrogen-bond donors (Lipinski definition) is 1. The van der Waals surface area contributed by atoms with Crippen LogP contribution in [0.3, 0.4) is 0 Å². The first-order valence-corrected chi connectivity index (χ1v) is 7.74. The second-order valence-corrected chi connectivity index (χ2v) is 6.32. The summed E-state index contributed by atoms with van der Waals surface area (Å²) in [4.78, 5) is 26.4. The van der Waals surface area contributed by atoms with Gasteiger partial charge in [-0.2, -0.15) is 0 Å². The number of benzene rings is 2. The lowest BCUT2D eigenvalue weighted by Crippen LogP contribution is -2.41. The third-order valence-electron chi connectivity index (χ3n) is 4.15. The van der Waals surface area contributed by atoms with Gasteiger partial charge in [0.1, 0.15) is 5.54 Å². The monoisotopic (exact) mass is 328 g/mol. The van der Waals surface area contributed by atoms with Gasteiger partial charge in [0.25, 0.3) is 5.91 Å². The van der Waals surface area contributed by atoms with Crippen molar-refractivity contribution in [3.63, 3.8) is 0 Å². The predicted molar refractivity (Wildman–Crippen MR) is 89.1 cm³/mol. The standard InChI is InChI=1S/C18H17ClN2O2/c1-12-7-9-13(10-8-12)11-21-16(22)18(2,20-17(21)23)14-5-3-4-6-15(14)19/h3-10H,11H2,1-2H3,(H,20,23)/t18-/m1/s1. The molecular formula is C18H17ClN2O2. The number of imide groups is 1. The lowest BCUT2D eigenvalue weighted by Gasteiger charge is -2.23. The molecule has 0 unspecified atom stereocenters. The Labute approximate surface area is 140 Å². The zero-order valence-corrected chi connectivity index (χ0v) is 13.7. The fraction of sp³-hybridized carbons (Fsp3) is 0.222. The molecule has 0 radical (unpaired) electrons. The highest BCUT2D eigenvalue weighted by atomic mass is 35.5. The van der Waals surface area contributed by atoms with E-state index in [1.165, 1.54) is 4.90 Å². The first-order valence-electron chi connectivity index (χ1n) is 7.36. The average Bonchev–Trinajstić information content (AvgIpc) is 2.74. The molecule has 0 aromatic heterocycles. The van der Waals surface area contributed by atoms with Crippen LogP contribution in [0.25, 0.3) is 0 Å². The summed E-state index contributed by atoms with van der Waals surface area (Å²) >= 11 is 6.21. The first-order chi connectivity index (χ1) is 10.9. The van der Waals surface area contributed by atoms with Crippen LogP contribution in [0.1, 0.15) is 23.6 Å².